The van der Waals surface area contributed by atoms with Crippen molar-refractivity contribution in [3.05, 3.63) is 0 Å². The summed E-state index contributed by atoms with van der Waals surface area (Å²) >= 11 is 0. The molecule has 0 aromatic heterocycles. The number of halogens is 1. The number of nitrogens with one attached hydrogen (secondary N) is 2. The number of hydrogen-bond acceptors (Lipinski definition) is 3. The smallest absolute Gasteiger partial charge is 0.223 e. The van der Waals surface area contributed by atoms with Gasteiger partial charge in [-0.25, -0.2) is 0 Å². The van der Waals surface area contributed by atoms with E-state index in [2.05, 4.69) is 24.5 Å². The van der Waals surface area contributed by atoms with Crippen molar-refractivity contribution in [2.75, 3.05) is 20.3 Å². The third-order valence-corrected chi connectivity index (χ3v) is 3.20. The van der Waals surface area contributed by atoms with Gasteiger partial charge in [-0.3, -0.25) is 4.79 Å². The summed E-state index contributed by atoms with van der Waals surface area (Å²) in [6.45, 7) is 5.74. The van der Waals surface area contributed by atoms with E-state index in [1.165, 1.54) is 0 Å². The molecular weight excluding hydrogens is 240 g/mol. The van der Waals surface area contributed by atoms with Crippen LogP contribution >= 0.6 is 12.4 Å². The highest BCUT2D eigenvalue weighted by atomic mass is 35.5. The van der Waals surface area contributed by atoms with Gasteiger partial charge < -0.3 is 15.4 Å². The first-order chi connectivity index (χ1) is 7.67. The minimum absolute atomic E-state index is 0. The lowest BCUT2D eigenvalue weighted by atomic mass is 9.92. The monoisotopic (exact) mass is 264 g/mol. The normalized spacial score (nSPS) is 25.8. The van der Waals surface area contributed by atoms with Gasteiger partial charge in [-0.1, -0.05) is 6.92 Å². The summed E-state index contributed by atoms with van der Waals surface area (Å²) in [5.74, 6) is 0.361. The SMILES string of the molecule is CCC(COC)NC(=O)[C@H]1CCN[C@@H](C)C1.Cl. The lowest BCUT2D eigenvalue weighted by Gasteiger charge is -2.28. The minimum atomic E-state index is 0. The molecule has 4 nitrogen and oxygen atoms in total. The summed E-state index contributed by atoms with van der Waals surface area (Å²) in [5, 5.41) is 6.42. The Morgan fingerprint density at radius 3 is 2.82 bits per heavy atom. The topological polar surface area (TPSA) is 50.4 Å². The standard InChI is InChI=1S/C12H24N2O2.ClH/c1-4-11(8-16-3)14-12(15)10-5-6-13-9(2)7-10;/h9-11,13H,4-8H2,1-3H3,(H,14,15);1H/t9-,10-,11?;/m0./s1. The van der Waals surface area contributed by atoms with Crippen LogP contribution in [0, 0.1) is 5.92 Å². The van der Waals surface area contributed by atoms with Gasteiger partial charge in [0.25, 0.3) is 0 Å². The highest BCUT2D eigenvalue weighted by Crippen LogP contribution is 2.16. The summed E-state index contributed by atoms with van der Waals surface area (Å²) in [5.41, 5.74) is 0. The fraction of sp³-hybridized carbons (Fsp3) is 0.917. The number of methoxy groups -OCH3 is 1. The Kier molecular flexibility index (Phi) is 8.56. The third-order valence-electron chi connectivity index (χ3n) is 3.20. The molecule has 0 bridgehead atoms. The molecule has 17 heavy (non-hydrogen) atoms. The van der Waals surface area contributed by atoms with Crippen molar-refractivity contribution >= 4 is 18.3 Å². The van der Waals surface area contributed by atoms with Crippen LogP contribution in [-0.4, -0.2) is 38.3 Å². The molecule has 0 aliphatic carbocycles. The van der Waals surface area contributed by atoms with Crippen LogP contribution in [0.15, 0.2) is 0 Å². The first kappa shape index (κ1) is 16.7. The number of piperidine rings is 1. The molecule has 1 unspecified atom stereocenters. The van der Waals surface area contributed by atoms with Crippen molar-refractivity contribution in [1.29, 1.82) is 0 Å². The van der Waals surface area contributed by atoms with Gasteiger partial charge in [-0.05, 0) is 32.7 Å². The second kappa shape index (κ2) is 8.72. The molecule has 1 saturated heterocycles. The van der Waals surface area contributed by atoms with Crippen LogP contribution in [-0.2, 0) is 9.53 Å². The van der Waals surface area contributed by atoms with Gasteiger partial charge >= 0.3 is 0 Å². The van der Waals surface area contributed by atoms with Crippen molar-refractivity contribution in [3.63, 3.8) is 0 Å². The van der Waals surface area contributed by atoms with Gasteiger partial charge in [0, 0.05) is 19.1 Å². The van der Waals surface area contributed by atoms with E-state index in [-0.39, 0.29) is 30.3 Å². The summed E-state index contributed by atoms with van der Waals surface area (Å²) in [6, 6.07) is 0.606. The summed E-state index contributed by atoms with van der Waals surface area (Å²) in [7, 11) is 1.67. The summed E-state index contributed by atoms with van der Waals surface area (Å²) in [6.07, 6.45) is 2.80. The van der Waals surface area contributed by atoms with E-state index in [1.54, 1.807) is 7.11 Å². The van der Waals surface area contributed by atoms with Crippen LogP contribution in [0.25, 0.3) is 0 Å². The van der Waals surface area contributed by atoms with E-state index >= 15 is 0 Å². The molecule has 1 fully saturated rings. The van der Waals surface area contributed by atoms with Gasteiger partial charge in [0.15, 0.2) is 0 Å². The number of carbonyl (C=O) groups is 1. The third kappa shape index (κ3) is 5.70. The number of amides is 1. The average Bonchev–Trinajstić information content (AvgIpc) is 2.28. The Morgan fingerprint density at radius 2 is 2.29 bits per heavy atom. The molecule has 102 valence electrons. The quantitative estimate of drug-likeness (QED) is 0.788. The molecule has 5 heteroatoms. The predicted octanol–water partition coefficient (Wildman–Crippen LogP) is 1.34. The van der Waals surface area contributed by atoms with E-state index in [4.69, 9.17) is 4.74 Å². The van der Waals surface area contributed by atoms with Crippen molar-refractivity contribution in [2.45, 2.75) is 45.2 Å². The Bertz CT molecular complexity index is 227. The molecule has 0 saturated carbocycles. The minimum Gasteiger partial charge on any atom is -0.383 e. The second-order valence-electron chi connectivity index (χ2n) is 4.65. The zero-order chi connectivity index (χ0) is 12.0. The van der Waals surface area contributed by atoms with Crippen molar-refractivity contribution in [1.82, 2.24) is 10.6 Å². The van der Waals surface area contributed by atoms with Crippen molar-refractivity contribution in [3.8, 4) is 0 Å². The van der Waals surface area contributed by atoms with Crippen LogP contribution < -0.4 is 10.6 Å². The van der Waals surface area contributed by atoms with Crippen LogP contribution in [0.5, 0.6) is 0 Å². The first-order valence-corrected chi connectivity index (χ1v) is 6.20. The van der Waals surface area contributed by atoms with E-state index in [0.29, 0.717) is 12.6 Å². The fourth-order valence-electron chi connectivity index (χ4n) is 2.15. The molecule has 0 aromatic rings. The first-order valence-electron chi connectivity index (χ1n) is 6.20. The molecule has 3 atom stereocenters. The van der Waals surface area contributed by atoms with Crippen LogP contribution in [0.1, 0.15) is 33.1 Å². The van der Waals surface area contributed by atoms with Crippen molar-refractivity contribution in [2.24, 2.45) is 5.92 Å². The maximum absolute atomic E-state index is 12.0. The lowest BCUT2D eigenvalue weighted by Crippen LogP contribution is -2.46. The zero-order valence-electron chi connectivity index (χ0n) is 11.0. The molecule has 1 aliphatic heterocycles. The van der Waals surface area contributed by atoms with Crippen LogP contribution in [0.4, 0.5) is 0 Å². The summed E-state index contributed by atoms with van der Waals surface area (Å²) < 4.78 is 5.08. The maximum Gasteiger partial charge on any atom is 0.223 e. The maximum atomic E-state index is 12.0. The Hall–Kier alpha value is -0.320. The highest BCUT2D eigenvalue weighted by Gasteiger charge is 2.25. The van der Waals surface area contributed by atoms with Crippen LogP contribution in [0.3, 0.4) is 0 Å². The predicted molar refractivity (Wildman–Crippen MR) is 71.5 cm³/mol. The molecule has 0 aromatic carbocycles. The number of rotatable bonds is 5. The Labute approximate surface area is 110 Å². The van der Waals surface area contributed by atoms with Gasteiger partial charge in [0.1, 0.15) is 0 Å². The number of carbonyl (C=O) groups excluding carboxylic acids is 1. The molecule has 0 spiro atoms. The summed E-state index contributed by atoms with van der Waals surface area (Å²) in [4.78, 5) is 12.0. The van der Waals surface area contributed by atoms with E-state index in [1.807, 2.05) is 0 Å². The van der Waals surface area contributed by atoms with E-state index in [9.17, 15) is 4.79 Å². The molecule has 2 N–H and O–H groups in total. The zero-order valence-corrected chi connectivity index (χ0v) is 11.8. The molecule has 1 amide bonds. The lowest BCUT2D eigenvalue weighted by molar-refractivity contribution is -0.127. The Morgan fingerprint density at radius 1 is 1.59 bits per heavy atom. The highest BCUT2D eigenvalue weighted by molar-refractivity contribution is 5.85. The average molecular weight is 265 g/mol. The Balaban J connectivity index is 0.00000256. The molecule has 1 heterocycles. The van der Waals surface area contributed by atoms with Gasteiger partial charge in [0.2, 0.25) is 5.91 Å². The van der Waals surface area contributed by atoms with Gasteiger partial charge in [-0.2, -0.15) is 0 Å². The largest absolute Gasteiger partial charge is 0.383 e. The molecular formula is C12H25ClN2O2. The van der Waals surface area contributed by atoms with E-state index in [0.717, 1.165) is 25.8 Å². The van der Waals surface area contributed by atoms with Gasteiger partial charge in [-0.15, -0.1) is 12.4 Å². The molecule has 1 rings (SSSR count). The molecule has 1 aliphatic rings. The number of hydrogen-bond donors (Lipinski definition) is 2. The van der Waals surface area contributed by atoms with Crippen LogP contribution in [0.2, 0.25) is 0 Å². The van der Waals surface area contributed by atoms with Gasteiger partial charge in [0.05, 0.1) is 12.6 Å². The van der Waals surface area contributed by atoms with Crippen molar-refractivity contribution < 1.29 is 9.53 Å². The van der Waals surface area contributed by atoms with E-state index < -0.39 is 0 Å². The number of ether oxygens (including phenoxy) is 1. The second-order valence-corrected chi connectivity index (χ2v) is 4.65. The molecule has 0 radical (unpaired) electrons. The fourth-order valence-corrected chi connectivity index (χ4v) is 2.15.